The van der Waals surface area contributed by atoms with Gasteiger partial charge in [0.1, 0.15) is 0 Å². The van der Waals surface area contributed by atoms with E-state index >= 15 is 0 Å². The number of hydrogen-bond donors (Lipinski definition) is 2. The Labute approximate surface area is 164 Å². The number of hydrogen-bond acceptors (Lipinski definition) is 6. The Morgan fingerprint density at radius 1 is 1.30 bits per heavy atom. The molecule has 152 valence electrons. The van der Waals surface area contributed by atoms with Crippen LogP contribution < -0.4 is 10.0 Å². The van der Waals surface area contributed by atoms with Gasteiger partial charge in [-0.3, -0.25) is 9.69 Å². The molecule has 27 heavy (non-hydrogen) atoms. The van der Waals surface area contributed by atoms with E-state index in [-0.39, 0.29) is 23.5 Å². The lowest BCUT2D eigenvalue weighted by Gasteiger charge is -2.48. The molecule has 4 fully saturated rings. The SMILES string of the molecule is CN1C(=O)C2CC(S(=O)(=O)NC3(C)CC3)CCC2N(CC2CNCS2)C1=O. The highest BCUT2D eigenvalue weighted by molar-refractivity contribution is 8.00. The number of thioether (sulfide) groups is 1. The molecule has 8 nitrogen and oxygen atoms in total. The maximum absolute atomic E-state index is 12.8. The van der Waals surface area contributed by atoms with E-state index in [2.05, 4.69) is 10.0 Å². The van der Waals surface area contributed by atoms with Gasteiger partial charge in [-0.1, -0.05) is 0 Å². The van der Waals surface area contributed by atoms with Crippen molar-refractivity contribution in [3.05, 3.63) is 0 Å². The molecule has 10 heteroatoms. The second-order valence-electron chi connectivity index (χ2n) is 8.54. The van der Waals surface area contributed by atoms with Gasteiger partial charge in [-0.15, -0.1) is 11.8 Å². The summed E-state index contributed by atoms with van der Waals surface area (Å²) in [6.07, 6.45) is 3.07. The van der Waals surface area contributed by atoms with Crippen molar-refractivity contribution in [2.45, 2.75) is 61.1 Å². The number of amides is 3. The number of carbonyl (C=O) groups excluding carboxylic acids is 2. The smallest absolute Gasteiger partial charge is 0.319 e. The maximum atomic E-state index is 12.8. The molecule has 3 amide bonds. The highest BCUT2D eigenvalue weighted by Crippen LogP contribution is 2.40. The standard InChI is InChI=1S/C17H28N4O4S2/c1-17(5-6-17)19-27(24,25)12-3-4-14-13(7-12)15(22)20(2)16(23)21(14)9-11-8-18-10-26-11/h11-14,18-19H,3-10H2,1-2H3. The van der Waals surface area contributed by atoms with Gasteiger partial charge in [0.25, 0.3) is 0 Å². The van der Waals surface area contributed by atoms with Crippen LogP contribution in [-0.4, -0.2) is 78.3 Å². The Bertz CT molecular complexity index is 733. The van der Waals surface area contributed by atoms with E-state index in [1.807, 2.05) is 11.8 Å². The van der Waals surface area contributed by atoms with Crippen molar-refractivity contribution in [3.63, 3.8) is 0 Å². The molecule has 4 rings (SSSR count). The van der Waals surface area contributed by atoms with E-state index in [0.29, 0.717) is 31.1 Å². The molecule has 0 spiro atoms. The Morgan fingerprint density at radius 2 is 2.04 bits per heavy atom. The van der Waals surface area contributed by atoms with E-state index in [1.165, 1.54) is 11.9 Å². The van der Waals surface area contributed by atoms with E-state index in [1.54, 1.807) is 11.8 Å². The minimum atomic E-state index is -3.46. The third-order valence-electron chi connectivity index (χ3n) is 6.37. The number of fused-ring (bicyclic) bond motifs is 1. The van der Waals surface area contributed by atoms with Gasteiger partial charge in [-0.2, -0.15) is 0 Å². The van der Waals surface area contributed by atoms with Gasteiger partial charge in [0, 0.05) is 42.8 Å². The molecular formula is C17H28N4O4S2. The van der Waals surface area contributed by atoms with Gasteiger partial charge in [-0.05, 0) is 39.0 Å². The van der Waals surface area contributed by atoms with Crippen LogP contribution in [0.2, 0.25) is 0 Å². The predicted octanol–water partition coefficient (Wildman–Crippen LogP) is 0.552. The topological polar surface area (TPSA) is 98.8 Å². The number of carbonyl (C=O) groups is 2. The van der Waals surface area contributed by atoms with Gasteiger partial charge in [-0.25, -0.2) is 17.9 Å². The number of nitrogens with one attached hydrogen (secondary N) is 2. The Morgan fingerprint density at radius 3 is 2.67 bits per heavy atom. The van der Waals surface area contributed by atoms with Crippen molar-refractivity contribution < 1.29 is 18.0 Å². The van der Waals surface area contributed by atoms with Crippen molar-refractivity contribution >= 4 is 33.7 Å². The number of imide groups is 1. The second kappa shape index (κ2) is 6.89. The van der Waals surface area contributed by atoms with Crippen LogP contribution in [0.15, 0.2) is 0 Å². The molecule has 2 aliphatic heterocycles. The van der Waals surface area contributed by atoms with E-state index in [9.17, 15) is 18.0 Å². The molecule has 4 aliphatic rings. The summed E-state index contributed by atoms with van der Waals surface area (Å²) >= 11 is 1.78. The van der Waals surface area contributed by atoms with Crippen LogP contribution >= 0.6 is 11.8 Å². The first kappa shape index (κ1) is 19.5. The van der Waals surface area contributed by atoms with Crippen LogP contribution in [0.25, 0.3) is 0 Å². The molecule has 4 unspecified atom stereocenters. The molecular weight excluding hydrogens is 388 g/mol. The number of nitrogens with zero attached hydrogens (tertiary/aromatic N) is 2. The zero-order chi connectivity index (χ0) is 19.4. The fraction of sp³-hybridized carbons (Fsp3) is 0.882. The molecule has 2 aliphatic carbocycles. The molecule has 2 saturated carbocycles. The van der Waals surface area contributed by atoms with Gasteiger partial charge >= 0.3 is 6.03 Å². The third kappa shape index (κ3) is 3.73. The van der Waals surface area contributed by atoms with Crippen LogP contribution in [0.1, 0.15) is 39.0 Å². The molecule has 0 aromatic carbocycles. The molecule has 0 radical (unpaired) electrons. The Hall–Kier alpha value is -0.840. The van der Waals surface area contributed by atoms with Crippen molar-refractivity contribution in [2.75, 3.05) is 26.0 Å². The summed E-state index contributed by atoms with van der Waals surface area (Å²) < 4.78 is 28.4. The van der Waals surface area contributed by atoms with Gasteiger partial charge < -0.3 is 10.2 Å². The monoisotopic (exact) mass is 416 g/mol. The summed E-state index contributed by atoms with van der Waals surface area (Å²) in [7, 11) is -1.95. The maximum Gasteiger partial charge on any atom is 0.326 e. The number of sulfonamides is 1. The summed E-state index contributed by atoms with van der Waals surface area (Å²) in [4.78, 5) is 28.5. The van der Waals surface area contributed by atoms with Gasteiger partial charge in [0.2, 0.25) is 15.9 Å². The number of rotatable bonds is 5. The Balaban J connectivity index is 1.51. The molecule has 2 saturated heterocycles. The van der Waals surface area contributed by atoms with Crippen LogP contribution in [0.4, 0.5) is 4.79 Å². The fourth-order valence-corrected chi connectivity index (χ4v) is 7.37. The molecule has 0 aromatic rings. The molecule has 0 aromatic heterocycles. The highest BCUT2D eigenvalue weighted by atomic mass is 32.2. The zero-order valence-electron chi connectivity index (χ0n) is 15.8. The molecule has 2 N–H and O–H groups in total. The first-order valence-electron chi connectivity index (χ1n) is 9.63. The summed E-state index contributed by atoms with van der Waals surface area (Å²) in [5, 5.41) is 3.03. The molecule has 2 heterocycles. The first-order chi connectivity index (χ1) is 12.7. The summed E-state index contributed by atoms with van der Waals surface area (Å²) in [6.45, 7) is 3.37. The quantitative estimate of drug-likeness (QED) is 0.679. The third-order valence-corrected chi connectivity index (χ3v) is 9.61. The molecule has 0 bridgehead atoms. The fourth-order valence-electron chi connectivity index (χ4n) is 4.44. The zero-order valence-corrected chi connectivity index (χ0v) is 17.4. The lowest BCUT2D eigenvalue weighted by molar-refractivity contribution is -0.139. The van der Waals surface area contributed by atoms with Crippen molar-refractivity contribution in [2.24, 2.45) is 5.92 Å². The molecule has 4 atom stereocenters. The first-order valence-corrected chi connectivity index (χ1v) is 12.2. The van der Waals surface area contributed by atoms with Crippen LogP contribution in [0.5, 0.6) is 0 Å². The van der Waals surface area contributed by atoms with Gasteiger partial charge in [0.15, 0.2) is 0 Å². The predicted molar refractivity (Wildman–Crippen MR) is 104 cm³/mol. The second-order valence-corrected chi connectivity index (χ2v) is 11.8. The van der Waals surface area contributed by atoms with E-state index in [0.717, 1.165) is 25.3 Å². The average Bonchev–Trinajstić information content (AvgIpc) is 3.12. The summed E-state index contributed by atoms with van der Waals surface area (Å²) in [5.74, 6) is 0.200. The van der Waals surface area contributed by atoms with Crippen molar-refractivity contribution in [3.8, 4) is 0 Å². The number of urea groups is 1. The van der Waals surface area contributed by atoms with Crippen LogP contribution in [0, 0.1) is 5.92 Å². The summed E-state index contributed by atoms with van der Waals surface area (Å²) in [5.41, 5.74) is -0.308. The van der Waals surface area contributed by atoms with Crippen LogP contribution in [-0.2, 0) is 14.8 Å². The largest absolute Gasteiger partial charge is 0.326 e. The lowest BCUT2D eigenvalue weighted by atomic mass is 9.81. The minimum Gasteiger partial charge on any atom is -0.319 e. The lowest BCUT2D eigenvalue weighted by Crippen LogP contribution is -2.64. The Kier molecular flexibility index (Phi) is 4.97. The highest BCUT2D eigenvalue weighted by Gasteiger charge is 2.51. The average molecular weight is 417 g/mol. The van der Waals surface area contributed by atoms with Crippen LogP contribution in [0.3, 0.4) is 0 Å². The van der Waals surface area contributed by atoms with E-state index in [4.69, 9.17) is 0 Å². The minimum absolute atomic E-state index is 0.189. The normalized spacial score (nSPS) is 36.1. The van der Waals surface area contributed by atoms with E-state index < -0.39 is 21.2 Å². The van der Waals surface area contributed by atoms with Crippen molar-refractivity contribution in [1.82, 2.24) is 19.8 Å². The van der Waals surface area contributed by atoms with Gasteiger partial charge in [0.05, 0.1) is 11.2 Å². The van der Waals surface area contributed by atoms with Crippen molar-refractivity contribution in [1.29, 1.82) is 0 Å². The summed E-state index contributed by atoms with van der Waals surface area (Å²) in [6, 6.07) is -0.441.